The lowest BCUT2D eigenvalue weighted by molar-refractivity contribution is -0.402. The van der Waals surface area contributed by atoms with Crippen molar-refractivity contribution in [2.45, 2.75) is 0 Å². The van der Waals surface area contributed by atoms with Crippen LogP contribution in [-0.2, 0) is 0 Å². The Balaban J connectivity index is 1.80. The summed E-state index contributed by atoms with van der Waals surface area (Å²) >= 11 is 1.04. The van der Waals surface area contributed by atoms with Gasteiger partial charge in [-0.25, -0.2) is 0 Å². The smallest absolute Gasteiger partial charge is 0.433 e. The van der Waals surface area contributed by atoms with Crippen molar-refractivity contribution >= 4 is 34.8 Å². The Kier molecular flexibility index (Phi) is 3.07. The SMILES string of the molecule is O=C1S/C(=C\c2ccc([N+](=O)[O-])o2)CN1c1ccco1. The summed E-state index contributed by atoms with van der Waals surface area (Å²) in [5, 5.41) is 10.4. The molecule has 3 rings (SSSR count). The van der Waals surface area contributed by atoms with Gasteiger partial charge in [0.15, 0.2) is 0 Å². The Hall–Kier alpha value is -2.48. The van der Waals surface area contributed by atoms with Crippen LogP contribution in [0.15, 0.2) is 44.3 Å². The summed E-state index contributed by atoms with van der Waals surface area (Å²) in [6.45, 7) is 0.353. The van der Waals surface area contributed by atoms with Crippen LogP contribution in [0.4, 0.5) is 16.6 Å². The number of furan rings is 2. The van der Waals surface area contributed by atoms with Crippen LogP contribution in [0.3, 0.4) is 0 Å². The molecule has 0 radical (unpaired) electrons. The number of anilines is 1. The highest BCUT2D eigenvalue weighted by Crippen LogP contribution is 2.35. The zero-order valence-electron chi connectivity index (χ0n) is 10.0. The van der Waals surface area contributed by atoms with E-state index >= 15 is 0 Å². The summed E-state index contributed by atoms with van der Waals surface area (Å²) in [6.07, 6.45) is 3.10. The predicted octanol–water partition coefficient (Wildman–Crippen LogP) is 3.50. The Labute approximate surface area is 117 Å². The largest absolute Gasteiger partial charge is 0.448 e. The third-order valence-corrected chi connectivity index (χ3v) is 3.52. The number of carbonyl (C=O) groups is 1. The third-order valence-electron chi connectivity index (χ3n) is 2.62. The van der Waals surface area contributed by atoms with Gasteiger partial charge in [0.25, 0.3) is 5.24 Å². The molecule has 1 aliphatic heterocycles. The van der Waals surface area contributed by atoms with E-state index in [0.717, 1.165) is 16.7 Å². The molecule has 102 valence electrons. The fourth-order valence-electron chi connectivity index (χ4n) is 1.76. The molecule has 0 unspecified atom stereocenters. The van der Waals surface area contributed by atoms with Crippen LogP contribution in [0.1, 0.15) is 5.76 Å². The number of nitro groups is 1. The predicted molar refractivity (Wildman–Crippen MR) is 72.4 cm³/mol. The number of nitrogens with zero attached hydrogens (tertiary/aromatic N) is 2. The highest BCUT2D eigenvalue weighted by molar-refractivity contribution is 8.17. The molecule has 0 saturated carbocycles. The Morgan fingerprint density at radius 2 is 2.25 bits per heavy atom. The maximum atomic E-state index is 11.8. The lowest BCUT2D eigenvalue weighted by Gasteiger charge is -2.08. The molecule has 1 saturated heterocycles. The maximum absolute atomic E-state index is 11.8. The Morgan fingerprint density at radius 1 is 1.40 bits per heavy atom. The number of hydrogen-bond donors (Lipinski definition) is 0. The number of hydrogen-bond acceptors (Lipinski definition) is 6. The molecule has 0 aliphatic carbocycles. The van der Waals surface area contributed by atoms with Gasteiger partial charge in [-0.1, -0.05) is 0 Å². The molecular formula is C12H8N2O5S. The van der Waals surface area contributed by atoms with E-state index in [0.29, 0.717) is 18.2 Å². The second-order valence-corrected chi connectivity index (χ2v) is 5.03. The Bertz CT molecular complexity index is 689. The van der Waals surface area contributed by atoms with Gasteiger partial charge in [0.2, 0.25) is 5.88 Å². The topological polar surface area (TPSA) is 89.7 Å². The molecule has 2 aromatic rings. The standard InChI is InChI=1S/C12H8N2O5S/c15-12-13(10-2-1-5-18-10)7-9(20-12)6-8-3-4-11(19-8)14(16)17/h1-6H,7H2/b9-6-. The van der Waals surface area contributed by atoms with Gasteiger partial charge in [0.05, 0.1) is 18.9 Å². The van der Waals surface area contributed by atoms with Crippen molar-refractivity contribution in [3.63, 3.8) is 0 Å². The number of amides is 1. The number of carbonyl (C=O) groups excluding carboxylic acids is 1. The van der Waals surface area contributed by atoms with E-state index in [1.165, 1.54) is 23.3 Å². The van der Waals surface area contributed by atoms with E-state index in [1.54, 1.807) is 18.2 Å². The molecule has 3 heterocycles. The summed E-state index contributed by atoms with van der Waals surface area (Å²) in [6, 6.07) is 6.16. The summed E-state index contributed by atoms with van der Waals surface area (Å²) in [4.78, 5) is 24.0. The van der Waals surface area contributed by atoms with Crippen LogP contribution in [0, 0.1) is 10.1 Å². The van der Waals surface area contributed by atoms with Gasteiger partial charge in [-0.2, -0.15) is 0 Å². The van der Waals surface area contributed by atoms with Gasteiger partial charge in [0, 0.05) is 11.0 Å². The molecule has 0 atom stereocenters. The first-order valence-electron chi connectivity index (χ1n) is 5.61. The lowest BCUT2D eigenvalue weighted by Crippen LogP contribution is -2.20. The molecule has 0 N–H and O–H groups in total. The molecule has 1 aliphatic rings. The number of rotatable bonds is 3. The minimum Gasteiger partial charge on any atom is -0.448 e. The van der Waals surface area contributed by atoms with E-state index in [1.807, 2.05) is 0 Å². The number of thioether (sulfide) groups is 1. The van der Waals surface area contributed by atoms with Crippen molar-refractivity contribution in [1.82, 2.24) is 0 Å². The van der Waals surface area contributed by atoms with Gasteiger partial charge < -0.3 is 8.83 Å². The van der Waals surface area contributed by atoms with Crippen LogP contribution in [0.5, 0.6) is 0 Å². The molecule has 20 heavy (non-hydrogen) atoms. The van der Waals surface area contributed by atoms with E-state index in [9.17, 15) is 14.9 Å². The van der Waals surface area contributed by atoms with Crippen molar-refractivity contribution < 1.29 is 18.6 Å². The van der Waals surface area contributed by atoms with E-state index < -0.39 is 4.92 Å². The van der Waals surface area contributed by atoms with E-state index in [4.69, 9.17) is 8.83 Å². The van der Waals surface area contributed by atoms with Crippen LogP contribution in [0.25, 0.3) is 6.08 Å². The molecule has 7 nitrogen and oxygen atoms in total. The summed E-state index contributed by atoms with van der Waals surface area (Å²) in [7, 11) is 0. The van der Waals surface area contributed by atoms with Crippen LogP contribution < -0.4 is 4.90 Å². The lowest BCUT2D eigenvalue weighted by atomic mass is 10.4. The van der Waals surface area contributed by atoms with Gasteiger partial charge in [-0.05, 0) is 30.0 Å². The molecule has 1 amide bonds. The minimum atomic E-state index is -0.607. The molecule has 1 fully saturated rings. The Morgan fingerprint density at radius 3 is 2.90 bits per heavy atom. The fourth-order valence-corrected chi connectivity index (χ4v) is 2.62. The fraction of sp³-hybridized carbons (Fsp3) is 0.0833. The minimum absolute atomic E-state index is 0.160. The quantitative estimate of drug-likeness (QED) is 0.635. The van der Waals surface area contributed by atoms with E-state index in [2.05, 4.69) is 0 Å². The van der Waals surface area contributed by atoms with Crippen LogP contribution in [0.2, 0.25) is 0 Å². The van der Waals surface area contributed by atoms with Crippen LogP contribution >= 0.6 is 11.8 Å². The van der Waals surface area contributed by atoms with Crippen molar-refractivity contribution in [2.75, 3.05) is 11.4 Å². The van der Waals surface area contributed by atoms with Gasteiger partial charge in [0.1, 0.15) is 10.7 Å². The molecule has 0 aromatic carbocycles. The zero-order valence-corrected chi connectivity index (χ0v) is 10.8. The van der Waals surface area contributed by atoms with Crippen molar-refractivity contribution in [1.29, 1.82) is 0 Å². The molecule has 8 heteroatoms. The van der Waals surface area contributed by atoms with E-state index in [-0.39, 0.29) is 11.1 Å². The first kappa shape index (κ1) is 12.5. The highest BCUT2D eigenvalue weighted by atomic mass is 32.2. The van der Waals surface area contributed by atoms with Gasteiger partial charge in [-0.3, -0.25) is 19.8 Å². The average molecular weight is 292 g/mol. The van der Waals surface area contributed by atoms with Crippen LogP contribution in [-0.4, -0.2) is 16.7 Å². The summed E-state index contributed by atoms with van der Waals surface area (Å²) < 4.78 is 10.2. The zero-order chi connectivity index (χ0) is 14.1. The molecule has 0 bridgehead atoms. The molecule has 0 spiro atoms. The normalized spacial score (nSPS) is 17.1. The summed E-state index contributed by atoms with van der Waals surface area (Å²) in [5.74, 6) is 0.485. The van der Waals surface area contributed by atoms with Crippen molar-refractivity contribution in [3.8, 4) is 0 Å². The highest BCUT2D eigenvalue weighted by Gasteiger charge is 2.29. The first-order valence-corrected chi connectivity index (χ1v) is 6.43. The van der Waals surface area contributed by atoms with Gasteiger partial charge in [-0.15, -0.1) is 0 Å². The maximum Gasteiger partial charge on any atom is 0.433 e. The van der Waals surface area contributed by atoms with Crippen molar-refractivity contribution in [2.24, 2.45) is 0 Å². The monoisotopic (exact) mass is 292 g/mol. The second kappa shape index (κ2) is 4.89. The first-order chi connectivity index (χ1) is 9.63. The molecular weight excluding hydrogens is 284 g/mol. The summed E-state index contributed by atoms with van der Waals surface area (Å²) in [5.41, 5.74) is 0. The van der Waals surface area contributed by atoms with Gasteiger partial charge >= 0.3 is 5.88 Å². The van der Waals surface area contributed by atoms with Crippen molar-refractivity contribution in [3.05, 3.63) is 51.3 Å². The second-order valence-electron chi connectivity index (χ2n) is 3.95. The molecule has 2 aromatic heterocycles. The third kappa shape index (κ3) is 2.32. The average Bonchev–Trinajstić information content (AvgIpc) is 3.10.